The minimum atomic E-state index is 0.0341. The predicted octanol–water partition coefficient (Wildman–Crippen LogP) is 0.457. The Balaban J connectivity index is 2.06. The standard InChI is InChI=1S/C11H20N4O/c1-3-9(2)15-8-11(16)14-5-4-10-12-6-7-13-10/h6-7,9,15H,3-5,8H2,1-2H3,(H,12,13)(H,14,16). The molecule has 90 valence electrons. The van der Waals surface area contributed by atoms with Crippen molar-refractivity contribution in [2.45, 2.75) is 32.7 Å². The van der Waals surface area contributed by atoms with Crippen molar-refractivity contribution in [1.82, 2.24) is 20.6 Å². The van der Waals surface area contributed by atoms with Gasteiger partial charge in [0.25, 0.3) is 0 Å². The first-order valence-electron chi connectivity index (χ1n) is 5.70. The van der Waals surface area contributed by atoms with Gasteiger partial charge in [-0.15, -0.1) is 0 Å². The van der Waals surface area contributed by atoms with Gasteiger partial charge in [0, 0.05) is 31.4 Å². The van der Waals surface area contributed by atoms with Crippen LogP contribution in [-0.4, -0.2) is 35.0 Å². The molecule has 0 aliphatic heterocycles. The second-order valence-corrected chi connectivity index (χ2v) is 3.83. The SMILES string of the molecule is CCC(C)NCC(=O)NCCc1ncc[nH]1. The summed E-state index contributed by atoms with van der Waals surface area (Å²) in [5, 5.41) is 5.98. The van der Waals surface area contributed by atoms with Crippen LogP contribution < -0.4 is 10.6 Å². The van der Waals surface area contributed by atoms with Crippen molar-refractivity contribution in [3.05, 3.63) is 18.2 Å². The lowest BCUT2D eigenvalue weighted by molar-refractivity contribution is -0.120. The Kier molecular flexibility index (Phi) is 5.56. The number of carbonyl (C=O) groups excluding carboxylic acids is 1. The van der Waals surface area contributed by atoms with Gasteiger partial charge in [-0.2, -0.15) is 0 Å². The minimum Gasteiger partial charge on any atom is -0.355 e. The Labute approximate surface area is 96.0 Å². The highest BCUT2D eigenvalue weighted by molar-refractivity contribution is 5.77. The number of amides is 1. The van der Waals surface area contributed by atoms with E-state index in [1.54, 1.807) is 12.4 Å². The zero-order valence-electron chi connectivity index (χ0n) is 9.92. The fourth-order valence-electron chi connectivity index (χ4n) is 1.23. The molecule has 0 saturated heterocycles. The van der Waals surface area contributed by atoms with Crippen LogP contribution in [0.1, 0.15) is 26.1 Å². The zero-order chi connectivity index (χ0) is 11.8. The van der Waals surface area contributed by atoms with E-state index in [1.807, 2.05) is 0 Å². The number of carbonyl (C=O) groups is 1. The van der Waals surface area contributed by atoms with Crippen molar-refractivity contribution in [3.63, 3.8) is 0 Å². The van der Waals surface area contributed by atoms with Crippen molar-refractivity contribution >= 4 is 5.91 Å². The maximum Gasteiger partial charge on any atom is 0.233 e. The molecule has 0 radical (unpaired) electrons. The molecule has 1 heterocycles. The van der Waals surface area contributed by atoms with Gasteiger partial charge >= 0.3 is 0 Å². The number of aromatic nitrogens is 2. The summed E-state index contributed by atoms with van der Waals surface area (Å²) in [6, 6.07) is 0.385. The summed E-state index contributed by atoms with van der Waals surface area (Å²) in [5.74, 6) is 0.932. The highest BCUT2D eigenvalue weighted by atomic mass is 16.1. The maximum absolute atomic E-state index is 11.4. The van der Waals surface area contributed by atoms with E-state index in [1.165, 1.54) is 0 Å². The maximum atomic E-state index is 11.4. The van der Waals surface area contributed by atoms with Crippen molar-refractivity contribution < 1.29 is 4.79 Å². The molecule has 1 aromatic heterocycles. The van der Waals surface area contributed by atoms with Gasteiger partial charge in [0.2, 0.25) is 5.91 Å². The third-order valence-electron chi connectivity index (χ3n) is 2.46. The molecule has 0 aliphatic rings. The number of imidazole rings is 1. The van der Waals surface area contributed by atoms with Crippen LogP contribution in [0.4, 0.5) is 0 Å². The summed E-state index contributed by atoms with van der Waals surface area (Å²) in [7, 11) is 0. The minimum absolute atomic E-state index is 0.0341. The first kappa shape index (κ1) is 12.7. The monoisotopic (exact) mass is 224 g/mol. The number of nitrogens with zero attached hydrogens (tertiary/aromatic N) is 1. The number of nitrogens with one attached hydrogen (secondary N) is 3. The Hall–Kier alpha value is -1.36. The molecule has 1 aromatic rings. The van der Waals surface area contributed by atoms with E-state index in [2.05, 4.69) is 34.4 Å². The number of hydrogen-bond donors (Lipinski definition) is 3. The fourth-order valence-corrected chi connectivity index (χ4v) is 1.23. The summed E-state index contributed by atoms with van der Waals surface area (Å²) in [6.07, 6.45) is 5.25. The number of aromatic amines is 1. The molecule has 1 rings (SSSR count). The van der Waals surface area contributed by atoms with Gasteiger partial charge in [0.15, 0.2) is 0 Å². The lowest BCUT2D eigenvalue weighted by Crippen LogP contribution is -2.38. The molecule has 0 aliphatic carbocycles. The average Bonchev–Trinajstić information content (AvgIpc) is 2.79. The molecular formula is C11H20N4O. The van der Waals surface area contributed by atoms with Crippen LogP contribution in [-0.2, 0) is 11.2 Å². The van der Waals surface area contributed by atoms with Crippen LogP contribution in [0, 0.1) is 0 Å². The highest BCUT2D eigenvalue weighted by Crippen LogP contribution is 1.88. The van der Waals surface area contributed by atoms with E-state index in [0.717, 1.165) is 18.7 Å². The van der Waals surface area contributed by atoms with E-state index in [0.29, 0.717) is 19.1 Å². The smallest absolute Gasteiger partial charge is 0.233 e. The number of H-pyrrole nitrogens is 1. The molecule has 5 heteroatoms. The number of hydrogen-bond acceptors (Lipinski definition) is 3. The normalized spacial score (nSPS) is 12.4. The highest BCUT2D eigenvalue weighted by Gasteiger charge is 2.03. The van der Waals surface area contributed by atoms with E-state index < -0.39 is 0 Å². The van der Waals surface area contributed by atoms with Crippen molar-refractivity contribution in [1.29, 1.82) is 0 Å². The van der Waals surface area contributed by atoms with Gasteiger partial charge in [0.1, 0.15) is 5.82 Å². The molecule has 5 nitrogen and oxygen atoms in total. The first-order valence-corrected chi connectivity index (χ1v) is 5.70. The molecule has 1 amide bonds. The molecule has 1 atom stereocenters. The quantitative estimate of drug-likeness (QED) is 0.630. The summed E-state index contributed by atoms with van der Waals surface area (Å²) < 4.78 is 0. The molecule has 0 spiro atoms. The largest absolute Gasteiger partial charge is 0.355 e. The van der Waals surface area contributed by atoms with Crippen LogP contribution in [0.3, 0.4) is 0 Å². The molecule has 3 N–H and O–H groups in total. The van der Waals surface area contributed by atoms with Gasteiger partial charge in [-0.3, -0.25) is 4.79 Å². The summed E-state index contributed by atoms with van der Waals surface area (Å²) in [6.45, 7) is 5.16. The van der Waals surface area contributed by atoms with Gasteiger partial charge in [0.05, 0.1) is 6.54 Å². The lowest BCUT2D eigenvalue weighted by Gasteiger charge is -2.10. The third-order valence-corrected chi connectivity index (χ3v) is 2.46. The second kappa shape index (κ2) is 7.00. The average molecular weight is 224 g/mol. The van der Waals surface area contributed by atoms with Gasteiger partial charge < -0.3 is 15.6 Å². The molecule has 1 unspecified atom stereocenters. The van der Waals surface area contributed by atoms with Gasteiger partial charge in [-0.05, 0) is 13.3 Å². The molecular weight excluding hydrogens is 204 g/mol. The Morgan fingerprint density at radius 3 is 3.06 bits per heavy atom. The van der Waals surface area contributed by atoms with Crippen molar-refractivity contribution in [3.8, 4) is 0 Å². The Morgan fingerprint density at radius 2 is 2.44 bits per heavy atom. The van der Waals surface area contributed by atoms with Crippen molar-refractivity contribution in [2.75, 3.05) is 13.1 Å². The van der Waals surface area contributed by atoms with Crippen molar-refractivity contribution in [2.24, 2.45) is 0 Å². The Morgan fingerprint density at radius 1 is 1.62 bits per heavy atom. The summed E-state index contributed by atoms with van der Waals surface area (Å²) in [5.41, 5.74) is 0. The van der Waals surface area contributed by atoms with Crippen LogP contribution in [0.2, 0.25) is 0 Å². The van der Waals surface area contributed by atoms with Gasteiger partial charge in [-0.1, -0.05) is 6.92 Å². The third kappa shape index (κ3) is 4.93. The van der Waals surface area contributed by atoms with Crippen LogP contribution in [0.15, 0.2) is 12.4 Å². The zero-order valence-corrected chi connectivity index (χ0v) is 9.92. The Bertz CT molecular complexity index is 297. The molecule has 0 aromatic carbocycles. The molecule has 0 fully saturated rings. The number of rotatable bonds is 7. The van der Waals surface area contributed by atoms with Crippen LogP contribution in [0.5, 0.6) is 0 Å². The topological polar surface area (TPSA) is 69.8 Å². The lowest BCUT2D eigenvalue weighted by atomic mass is 10.2. The summed E-state index contributed by atoms with van der Waals surface area (Å²) in [4.78, 5) is 18.5. The summed E-state index contributed by atoms with van der Waals surface area (Å²) >= 11 is 0. The van der Waals surface area contributed by atoms with E-state index in [-0.39, 0.29) is 5.91 Å². The van der Waals surface area contributed by atoms with Crippen LogP contribution >= 0.6 is 0 Å². The fraction of sp³-hybridized carbons (Fsp3) is 0.636. The van der Waals surface area contributed by atoms with E-state index in [9.17, 15) is 4.79 Å². The predicted molar refractivity (Wildman–Crippen MR) is 63.1 cm³/mol. The molecule has 16 heavy (non-hydrogen) atoms. The molecule has 0 saturated carbocycles. The van der Waals surface area contributed by atoms with Crippen LogP contribution in [0.25, 0.3) is 0 Å². The van der Waals surface area contributed by atoms with E-state index >= 15 is 0 Å². The van der Waals surface area contributed by atoms with E-state index in [4.69, 9.17) is 0 Å². The van der Waals surface area contributed by atoms with Gasteiger partial charge in [-0.25, -0.2) is 4.98 Å². The first-order chi connectivity index (χ1) is 7.72. The second-order valence-electron chi connectivity index (χ2n) is 3.83. The molecule has 0 bridgehead atoms.